The van der Waals surface area contributed by atoms with Crippen molar-refractivity contribution in [1.82, 2.24) is 15.5 Å². The van der Waals surface area contributed by atoms with Crippen LogP contribution >= 0.6 is 11.3 Å². The summed E-state index contributed by atoms with van der Waals surface area (Å²) in [6.07, 6.45) is 0. The first-order chi connectivity index (χ1) is 8.20. The Balaban J connectivity index is 2.15. The van der Waals surface area contributed by atoms with E-state index in [-0.39, 0.29) is 5.00 Å². The van der Waals surface area contributed by atoms with E-state index in [2.05, 4.69) is 15.5 Å². The highest BCUT2D eigenvalue weighted by Crippen LogP contribution is 2.31. The number of thiophene rings is 1. The van der Waals surface area contributed by atoms with Crippen LogP contribution in [0.3, 0.4) is 0 Å². The van der Waals surface area contributed by atoms with Crippen molar-refractivity contribution in [3.05, 3.63) is 28.1 Å². The monoisotopic (exact) mass is 254 g/mol. The van der Waals surface area contributed by atoms with Gasteiger partial charge in [0.25, 0.3) is 5.89 Å². The molecule has 17 heavy (non-hydrogen) atoms. The second kappa shape index (κ2) is 5.02. The van der Waals surface area contributed by atoms with Crippen molar-refractivity contribution >= 4 is 16.3 Å². The zero-order valence-corrected chi connectivity index (χ0v) is 9.86. The van der Waals surface area contributed by atoms with E-state index in [1.165, 1.54) is 6.07 Å². The zero-order valence-electron chi connectivity index (χ0n) is 9.04. The highest BCUT2D eigenvalue weighted by molar-refractivity contribution is 7.18. The van der Waals surface area contributed by atoms with E-state index in [9.17, 15) is 10.1 Å². The van der Waals surface area contributed by atoms with Crippen LogP contribution < -0.4 is 5.32 Å². The number of nitrogens with one attached hydrogen (secondary N) is 1. The largest absolute Gasteiger partial charge is 0.333 e. The smallest absolute Gasteiger partial charge is 0.324 e. The Hall–Kier alpha value is -1.80. The minimum atomic E-state index is -0.440. The molecule has 0 aliphatic carbocycles. The predicted molar refractivity (Wildman–Crippen MR) is 61.6 cm³/mol. The molecule has 7 nitrogen and oxygen atoms in total. The summed E-state index contributed by atoms with van der Waals surface area (Å²) in [5.41, 5.74) is 0. The van der Waals surface area contributed by atoms with E-state index in [0.717, 1.165) is 17.9 Å². The summed E-state index contributed by atoms with van der Waals surface area (Å²) in [5, 5.41) is 17.4. The van der Waals surface area contributed by atoms with Crippen molar-refractivity contribution in [2.75, 3.05) is 6.54 Å². The molecular formula is C9H10N4O3S. The molecule has 0 saturated carbocycles. The summed E-state index contributed by atoms with van der Waals surface area (Å²) in [4.78, 5) is 14.8. The maximum atomic E-state index is 10.5. The summed E-state index contributed by atoms with van der Waals surface area (Å²) >= 11 is 1.02. The van der Waals surface area contributed by atoms with E-state index in [1.54, 1.807) is 6.07 Å². The summed E-state index contributed by atoms with van der Waals surface area (Å²) in [5.74, 6) is 0.855. The molecule has 0 unspecified atom stereocenters. The minimum Gasteiger partial charge on any atom is -0.333 e. The molecule has 1 N–H and O–H groups in total. The third-order valence-electron chi connectivity index (χ3n) is 1.98. The molecule has 0 atom stereocenters. The number of aromatic nitrogens is 2. The van der Waals surface area contributed by atoms with Gasteiger partial charge in [0.05, 0.1) is 16.3 Å². The Bertz CT molecular complexity index is 522. The van der Waals surface area contributed by atoms with Gasteiger partial charge in [-0.2, -0.15) is 4.98 Å². The predicted octanol–water partition coefficient (Wildman–Crippen LogP) is 1.82. The molecule has 0 radical (unpaired) electrons. The molecule has 0 aromatic carbocycles. The van der Waals surface area contributed by atoms with Crippen molar-refractivity contribution in [3.63, 3.8) is 0 Å². The van der Waals surface area contributed by atoms with Crippen molar-refractivity contribution in [2.24, 2.45) is 0 Å². The Labute approximate surface area is 101 Å². The van der Waals surface area contributed by atoms with Gasteiger partial charge in [-0.25, -0.2) is 0 Å². The number of nitrogens with zero attached hydrogens (tertiary/aromatic N) is 3. The Morgan fingerprint density at radius 1 is 1.59 bits per heavy atom. The van der Waals surface area contributed by atoms with Crippen LogP contribution in [0.15, 0.2) is 16.7 Å². The fourth-order valence-corrected chi connectivity index (χ4v) is 1.95. The molecule has 2 rings (SSSR count). The van der Waals surface area contributed by atoms with Crippen LogP contribution in [0.4, 0.5) is 5.00 Å². The number of hydrogen-bond donors (Lipinski definition) is 1. The number of rotatable bonds is 5. The van der Waals surface area contributed by atoms with Crippen LogP contribution in [0.25, 0.3) is 10.8 Å². The second-order valence-electron chi connectivity index (χ2n) is 3.19. The second-order valence-corrected chi connectivity index (χ2v) is 4.25. The van der Waals surface area contributed by atoms with Crippen molar-refractivity contribution in [2.45, 2.75) is 13.5 Å². The molecule has 8 heteroatoms. The third-order valence-corrected chi connectivity index (χ3v) is 3.01. The molecule has 0 saturated heterocycles. The molecule has 0 bridgehead atoms. The average Bonchev–Trinajstić information content (AvgIpc) is 2.94. The Morgan fingerprint density at radius 2 is 2.41 bits per heavy atom. The van der Waals surface area contributed by atoms with Gasteiger partial charge in [-0.3, -0.25) is 10.1 Å². The molecule has 90 valence electrons. The fraction of sp³-hybridized carbons (Fsp3) is 0.333. The van der Waals surface area contributed by atoms with Gasteiger partial charge < -0.3 is 9.84 Å². The van der Waals surface area contributed by atoms with Crippen molar-refractivity contribution in [3.8, 4) is 10.8 Å². The van der Waals surface area contributed by atoms with Gasteiger partial charge in [-0.1, -0.05) is 23.4 Å². The van der Waals surface area contributed by atoms with Gasteiger partial charge in [-0.05, 0) is 12.6 Å². The SMILES string of the molecule is CCNCc1noc(-c2ccc([N+](=O)[O-])s2)n1. The van der Waals surface area contributed by atoms with Gasteiger partial charge in [-0.15, -0.1) is 0 Å². The Kier molecular flexibility index (Phi) is 3.45. The molecule has 2 aromatic heterocycles. The molecule has 2 aromatic rings. The van der Waals surface area contributed by atoms with Crippen LogP contribution in [0.5, 0.6) is 0 Å². The quantitative estimate of drug-likeness (QED) is 0.646. The standard InChI is InChI=1S/C9H10N4O3S/c1-2-10-5-7-11-9(16-12-7)6-3-4-8(17-6)13(14)15/h3-4,10H,2,5H2,1H3. The summed E-state index contributed by atoms with van der Waals surface area (Å²) < 4.78 is 5.03. The van der Waals surface area contributed by atoms with E-state index in [0.29, 0.717) is 23.1 Å². The number of hydrogen-bond acceptors (Lipinski definition) is 7. The van der Waals surface area contributed by atoms with Crippen LogP contribution in [-0.2, 0) is 6.54 Å². The first kappa shape index (κ1) is 11.7. The van der Waals surface area contributed by atoms with Crippen molar-refractivity contribution in [1.29, 1.82) is 0 Å². The van der Waals surface area contributed by atoms with Crippen molar-refractivity contribution < 1.29 is 9.45 Å². The molecule has 0 aliphatic heterocycles. The van der Waals surface area contributed by atoms with Gasteiger partial charge in [0.1, 0.15) is 0 Å². The Morgan fingerprint density at radius 3 is 3.06 bits per heavy atom. The van der Waals surface area contributed by atoms with Gasteiger partial charge in [0.15, 0.2) is 5.82 Å². The number of nitro groups is 1. The average molecular weight is 254 g/mol. The molecule has 0 fully saturated rings. The van der Waals surface area contributed by atoms with Gasteiger partial charge >= 0.3 is 5.00 Å². The minimum absolute atomic E-state index is 0.0615. The normalized spacial score (nSPS) is 10.6. The topological polar surface area (TPSA) is 94.1 Å². The lowest BCUT2D eigenvalue weighted by Crippen LogP contribution is -2.12. The zero-order chi connectivity index (χ0) is 12.3. The van der Waals surface area contributed by atoms with E-state index < -0.39 is 4.92 Å². The van der Waals surface area contributed by atoms with E-state index in [4.69, 9.17) is 4.52 Å². The van der Waals surface area contributed by atoms with E-state index >= 15 is 0 Å². The molecule has 2 heterocycles. The molecular weight excluding hydrogens is 244 g/mol. The lowest BCUT2D eigenvalue weighted by molar-refractivity contribution is -0.380. The summed E-state index contributed by atoms with van der Waals surface area (Å²) in [6.45, 7) is 3.31. The first-order valence-corrected chi connectivity index (χ1v) is 5.80. The fourth-order valence-electron chi connectivity index (χ4n) is 1.20. The summed E-state index contributed by atoms with van der Waals surface area (Å²) in [7, 11) is 0. The van der Waals surface area contributed by atoms with Crippen LogP contribution in [0.2, 0.25) is 0 Å². The third kappa shape index (κ3) is 2.66. The van der Waals surface area contributed by atoms with Crippen LogP contribution in [-0.4, -0.2) is 21.6 Å². The first-order valence-electron chi connectivity index (χ1n) is 4.98. The maximum absolute atomic E-state index is 10.5. The molecule has 0 spiro atoms. The molecule has 0 amide bonds. The highest BCUT2D eigenvalue weighted by atomic mass is 32.1. The van der Waals surface area contributed by atoms with Gasteiger partial charge in [0.2, 0.25) is 0 Å². The van der Waals surface area contributed by atoms with E-state index in [1.807, 2.05) is 6.92 Å². The highest BCUT2D eigenvalue weighted by Gasteiger charge is 2.15. The lowest BCUT2D eigenvalue weighted by Gasteiger charge is -1.92. The molecule has 0 aliphatic rings. The lowest BCUT2D eigenvalue weighted by atomic mass is 10.4. The van der Waals surface area contributed by atoms with Crippen LogP contribution in [0.1, 0.15) is 12.7 Å². The summed E-state index contributed by atoms with van der Waals surface area (Å²) in [6, 6.07) is 3.03. The maximum Gasteiger partial charge on any atom is 0.324 e. The van der Waals surface area contributed by atoms with Crippen LogP contribution in [0, 0.1) is 10.1 Å². The van der Waals surface area contributed by atoms with Gasteiger partial charge in [0, 0.05) is 6.07 Å².